The van der Waals surface area contributed by atoms with E-state index >= 15 is 0 Å². The van der Waals surface area contributed by atoms with Crippen molar-refractivity contribution in [2.45, 2.75) is 26.3 Å². The summed E-state index contributed by atoms with van der Waals surface area (Å²) in [4.78, 5) is 14.7. The quantitative estimate of drug-likeness (QED) is 0.568. The highest BCUT2D eigenvalue weighted by Gasteiger charge is 2.34. The lowest BCUT2D eigenvalue weighted by Crippen LogP contribution is -2.36. The van der Waals surface area contributed by atoms with E-state index in [0.29, 0.717) is 19.3 Å². The maximum atomic E-state index is 12.4. The molecule has 1 aromatic rings. The van der Waals surface area contributed by atoms with Gasteiger partial charge in [0.05, 0.1) is 15.0 Å². The number of nitrogens with zero attached hydrogens (tertiary/aromatic N) is 1. The van der Waals surface area contributed by atoms with Crippen molar-refractivity contribution in [3.8, 4) is 0 Å². The minimum absolute atomic E-state index is 0.0413. The van der Waals surface area contributed by atoms with E-state index in [2.05, 4.69) is 0 Å². The zero-order chi connectivity index (χ0) is 14.9. The van der Waals surface area contributed by atoms with Crippen molar-refractivity contribution in [3.63, 3.8) is 0 Å². The van der Waals surface area contributed by atoms with E-state index in [1.54, 1.807) is 23.1 Å². The van der Waals surface area contributed by atoms with Crippen molar-refractivity contribution in [2.24, 2.45) is 0 Å². The van der Waals surface area contributed by atoms with Crippen LogP contribution in [0.25, 0.3) is 6.08 Å². The summed E-state index contributed by atoms with van der Waals surface area (Å²) in [5.41, 5.74) is 0.837. The standard InChI is InChI=1S/C14H13Cl2NOS2/c1-3-8(2)17-13(18)12(20-14(17)19)7-9-4-5-10(15)11(16)6-9/h4-8H,3H2,1-2H3/b12-7-. The van der Waals surface area contributed by atoms with Crippen LogP contribution in [-0.4, -0.2) is 21.2 Å². The molecule has 106 valence electrons. The van der Waals surface area contributed by atoms with Crippen LogP contribution in [0.3, 0.4) is 0 Å². The number of halogens is 2. The van der Waals surface area contributed by atoms with Crippen molar-refractivity contribution < 1.29 is 4.79 Å². The number of benzene rings is 1. The second-order valence-corrected chi connectivity index (χ2v) is 6.97. The Morgan fingerprint density at radius 2 is 2.10 bits per heavy atom. The van der Waals surface area contributed by atoms with E-state index in [9.17, 15) is 4.79 Å². The molecule has 0 aromatic heterocycles. The fourth-order valence-corrected chi connectivity index (χ4v) is 3.56. The Balaban J connectivity index is 2.30. The van der Waals surface area contributed by atoms with E-state index in [1.165, 1.54) is 11.8 Å². The molecule has 2 nitrogen and oxygen atoms in total. The predicted octanol–water partition coefficient (Wildman–Crippen LogP) is 4.99. The molecule has 1 atom stereocenters. The number of amides is 1. The Labute approximate surface area is 138 Å². The van der Waals surface area contributed by atoms with Crippen molar-refractivity contribution in [1.82, 2.24) is 4.90 Å². The van der Waals surface area contributed by atoms with Crippen LogP contribution < -0.4 is 0 Å². The summed E-state index contributed by atoms with van der Waals surface area (Å²) < 4.78 is 0.607. The van der Waals surface area contributed by atoms with Crippen LogP contribution in [0.2, 0.25) is 10.0 Å². The van der Waals surface area contributed by atoms with E-state index < -0.39 is 0 Å². The number of hydrogen-bond donors (Lipinski definition) is 0. The molecule has 1 amide bonds. The minimum Gasteiger partial charge on any atom is -0.290 e. The molecule has 0 radical (unpaired) electrons. The highest BCUT2D eigenvalue weighted by molar-refractivity contribution is 8.26. The normalized spacial score (nSPS) is 19.0. The van der Waals surface area contributed by atoms with E-state index in [0.717, 1.165) is 12.0 Å². The third kappa shape index (κ3) is 3.19. The molecule has 1 fully saturated rings. The van der Waals surface area contributed by atoms with Crippen LogP contribution in [-0.2, 0) is 4.79 Å². The van der Waals surface area contributed by atoms with Gasteiger partial charge in [0, 0.05) is 6.04 Å². The van der Waals surface area contributed by atoms with Gasteiger partial charge in [0.1, 0.15) is 4.32 Å². The van der Waals surface area contributed by atoms with Crippen molar-refractivity contribution in [3.05, 3.63) is 38.7 Å². The molecule has 20 heavy (non-hydrogen) atoms. The zero-order valence-electron chi connectivity index (χ0n) is 11.0. The van der Waals surface area contributed by atoms with Crippen LogP contribution in [0.5, 0.6) is 0 Å². The smallest absolute Gasteiger partial charge is 0.266 e. The van der Waals surface area contributed by atoms with Crippen LogP contribution in [0.1, 0.15) is 25.8 Å². The first-order valence-electron chi connectivity index (χ1n) is 6.16. The van der Waals surface area contributed by atoms with Crippen LogP contribution in [0.4, 0.5) is 0 Å². The molecule has 1 aromatic carbocycles. The highest BCUT2D eigenvalue weighted by Crippen LogP contribution is 2.35. The summed E-state index contributed by atoms with van der Waals surface area (Å²) in [7, 11) is 0. The predicted molar refractivity (Wildman–Crippen MR) is 91.2 cm³/mol. The average Bonchev–Trinajstić information content (AvgIpc) is 2.68. The lowest BCUT2D eigenvalue weighted by molar-refractivity contribution is -0.123. The fourth-order valence-electron chi connectivity index (χ4n) is 1.80. The van der Waals surface area contributed by atoms with Gasteiger partial charge in [0.2, 0.25) is 0 Å². The largest absolute Gasteiger partial charge is 0.290 e. The van der Waals surface area contributed by atoms with Gasteiger partial charge in [-0.25, -0.2) is 0 Å². The second kappa shape index (κ2) is 6.48. The molecule has 6 heteroatoms. The summed E-state index contributed by atoms with van der Waals surface area (Å²) in [6, 6.07) is 5.39. The van der Waals surface area contributed by atoms with Crippen LogP contribution >= 0.6 is 47.2 Å². The van der Waals surface area contributed by atoms with E-state index in [4.69, 9.17) is 35.4 Å². The number of thiocarbonyl (C=S) groups is 1. The van der Waals surface area contributed by atoms with Gasteiger partial charge in [-0.1, -0.05) is 60.2 Å². The number of carbonyl (C=O) groups excluding carboxylic acids is 1. The number of thioether (sulfide) groups is 1. The zero-order valence-corrected chi connectivity index (χ0v) is 14.2. The highest BCUT2D eigenvalue weighted by atomic mass is 35.5. The van der Waals surface area contributed by atoms with Crippen molar-refractivity contribution >= 4 is 63.5 Å². The molecule has 1 aliphatic rings. The van der Waals surface area contributed by atoms with Gasteiger partial charge in [0.25, 0.3) is 5.91 Å². The van der Waals surface area contributed by atoms with Gasteiger partial charge in [0.15, 0.2) is 0 Å². The Bertz CT molecular complexity index is 601. The molecule has 0 saturated carbocycles. The monoisotopic (exact) mass is 345 g/mol. The lowest BCUT2D eigenvalue weighted by Gasteiger charge is -2.21. The molecule has 1 unspecified atom stereocenters. The Kier molecular flexibility index (Phi) is 5.13. The molecule has 0 spiro atoms. The molecular formula is C14H13Cl2NOS2. The van der Waals surface area contributed by atoms with Gasteiger partial charge in [-0.15, -0.1) is 0 Å². The van der Waals surface area contributed by atoms with Crippen molar-refractivity contribution in [1.29, 1.82) is 0 Å². The first kappa shape index (κ1) is 15.8. The molecule has 0 aliphatic carbocycles. The first-order chi connectivity index (χ1) is 9.43. The molecule has 1 saturated heterocycles. The molecular weight excluding hydrogens is 333 g/mol. The summed E-state index contributed by atoms with van der Waals surface area (Å²) in [5, 5.41) is 0.966. The topological polar surface area (TPSA) is 20.3 Å². The molecule has 2 rings (SSSR count). The molecule has 1 heterocycles. The molecule has 0 N–H and O–H groups in total. The third-order valence-corrected chi connectivity index (χ3v) is 5.17. The Hall–Kier alpha value is -0.550. The van der Waals surface area contributed by atoms with Crippen LogP contribution in [0.15, 0.2) is 23.1 Å². The first-order valence-corrected chi connectivity index (χ1v) is 8.14. The summed E-state index contributed by atoms with van der Waals surface area (Å²) >= 11 is 18.5. The number of rotatable bonds is 3. The average molecular weight is 346 g/mol. The van der Waals surface area contributed by atoms with Gasteiger partial charge in [-0.2, -0.15) is 0 Å². The van der Waals surface area contributed by atoms with Gasteiger partial charge in [-0.3, -0.25) is 9.69 Å². The second-order valence-electron chi connectivity index (χ2n) is 4.48. The van der Waals surface area contributed by atoms with Crippen molar-refractivity contribution in [2.75, 3.05) is 0 Å². The van der Waals surface area contributed by atoms with Crippen LogP contribution in [0, 0.1) is 0 Å². The van der Waals surface area contributed by atoms with E-state index in [1.807, 2.05) is 19.9 Å². The lowest BCUT2D eigenvalue weighted by atomic mass is 10.2. The summed E-state index contributed by atoms with van der Waals surface area (Å²) in [6.45, 7) is 4.03. The third-order valence-electron chi connectivity index (χ3n) is 3.10. The summed E-state index contributed by atoms with van der Waals surface area (Å²) in [5.74, 6) is -0.0413. The SMILES string of the molecule is CCC(C)N1C(=O)/C(=C/c2ccc(Cl)c(Cl)c2)SC1=S. The molecule has 0 bridgehead atoms. The Morgan fingerprint density at radius 1 is 1.40 bits per heavy atom. The Morgan fingerprint density at radius 3 is 2.70 bits per heavy atom. The molecule has 1 aliphatic heterocycles. The van der Waals surface area contributed by atoms with E-state index in [-0.39, 0.29) is 11.9 Å². The summed E-state index contributed by atoms with van der Waals surface area (Å²) in [6.07, 6.45) is 2.66. The number of carbonyl (C=O) groups is 1. The minimum atomic E-state index is -0.0413. The number of hydrogen-bond acceptors (Lipinski definition) is 3. The fraction of sp³-hybridized carbons (Fsp3) is 0.286. The van der Waals surface area contributed by atoms with Gasteiger partial charge < -0.3 is 0 Å². The maximum Gasteiger partial charge on any atom is 0.266 e. The maximum absolute atomic E-state index is 12.4. The van der Waals surface area contributed by atoms with Gasteiger partial charge in [-0.05, 0) is 37.1 Å². The van der Waals surface area contributed by atoms with Gasteiger partial charge >= 0.3 is 0 Å².